The van der Waals surface area contributed by atoms with E-state index in [9.17, 15) is 0 Å². The number of hydrogen-bond donors (Lipinski definition) is 2. The predicted octanol–water partition coefficient (Wildman–Crippen LogP) is 6.52. The molecule has 0 amide bonds. The summed E-state index contributed by atoms with van der Waals surface area (Å²) in [7, 11) is 6.53. The van der Waals surface area contributed by atoms with Gasteiger partial charge in [0.05, 0.1) is 43.9 Å². The van der Waals surface area contributed by atoms with Crippen molar-refractivity contribution in [3.05, 3.63) is 89.5 Å². The molecule has 2 aliphatic heterocycles. The summed E-state index contributed by atoms with van der Waals surface area (Å²) in [4.78, 5) is 16.6. The van der Waals surface area contributed by atoms with Crippen LogP contribution in [0.15, 0.2) is 66.7 Å². The molecule has 1 aromatic carbocycles. The van der Waals surface area contributed by atoms with Crippen LogP contribution >= 0.6 is 0 Å². The Hall–Kier alpha value is -4.22. The summed E-state index contributed by atoms with van der Waals surface area (Å²) < 4.78 is 0.784. The quantitative estimate of drug-likeness (QED) is 0.299. The number of H-pyrrole nitrogens is 2. The highest BCUT2D eigenvalue weighted by Crippen LogP contribution is 2.30. The molecule has 0 radical (unpaired) electrons. The standard InChI is InChI=1S/C29H26N5/c1-34(2,3)27-12-4-19(5-13-27)28-17-26-16-24-9-8-22(31-24)14-20-6-7-21(30-20)15-23-10-11-25(32-23)18-29(28)33-26/h4-18,30,33H,1-3H3/q+1. The normalized spacial score (nSPS) is 12.9. The summed E-state index contributed by atoms with van der Waals surface area (Å²) in [6, 6.07) is 23.4. The summed E-state index contributed by atoms with van der Waals surface area (Å²) in [5, 5.41) is 0. The predicted molar refractivity (Wildman–Crippen MR) is 144 cm³/mol. The van der Waals surface area contributed by atoms with Crippen LogP contribution in [0.1, 0.15) is 22.8 Å². The molecule has 6 rings (SSSR count). The number of benzene rings is 1. The Morgan fingerprint density at radius 2 is 1.09 bits per heavy atom. The molecule has 0 fully saturated rings. The SMILES string of the molecule is C[N+](C)(C)c1ccc(-c2cc3cc4nc(cc5ccc(cc6nc(cc2[nH]3)C=C6)[nH]5)C=C4)cc1. The van der Waals surface area contributed by atoms with Gasteiger partial charge in [0.1, 0.15) is 5.69 Å². The molecular formula is C29H26N5+. The van der Waals surface area contributed by atoms with Crippen LogP contribution in [0.2, 0.25) is 0 Å². The molecule has 2 N–H and O–H groups in total. The zero-order valence-electron chi connectivity index (χ0n) is 19.5. The number of aromatic amines is 2. The van der Waals surface area contributed by atoms with Gasteiger partial charge in [0, 0.05) is 27.6 Å². The first kappa shape index (κ1) is 20.4. The van der Waals surface area contributed by atoms with Gasteiger partial charge >= 0.3 is 0 Å². The molecule has 166 valence electrons. The lowest BCUT2D eigenvalue weighted by molar-refractivity contribution is 0.486. The fraction of sp³-hybridized carbons (Fsp3) is 0.103. The van der Waals surface area contributed by atoms with E-state index in [1.807, 2.05) is 18.2 Å². The monoisotopic (exact) mass is 444 g/mol. The van der Waals surface area contributed by atoms with Gasteiger partial charge in [0.15, 0.2) is 0 Å². The minimum Gasteiger partial charge on any atom is -0.355 e. The van der Waals surface area contributed by atoms with E-state index in [2.05, 4.69) is 104 Å². The Labute approximate surface area is 198 Å². The van der Waals surface area contributed by atoms with Gasteiger partial charge in [0.25, 0.3) is 0 Å². The van der Waals surface area contributed by atoms with Crippen molar-refractivity contribution in [3.8, 4) is 11.1 Å². The molecular weight excluding hydrogens is 418 g/mol. The number of rotatable bonds is 2. The number of hydrogen-bond acceptors (Lipinski definition) is 2. The second kappa shape index (κ2) is 7.68. The average Bonchev–Trinajstić information content (AvgIpc) is 3.58. The number of aromatic nitrogens is 4. The number of nitrogens with zero attached hydrogens (tertiary/aromatic N) is 3. The third-order valence-corrected chi connectivity index (χ3v) is 6.12. The molecule has 34 heavy (non-hydrogen) atoms. The molecule has 0 saturated carbocycles. The number of quaternary nitrogens is 1. The molecule has 4 aromatic rings. The zero-order chi connectivity index (χ0) is 23.3. The Morgan fingerprint density at radius 3 is 1.65 bits per heavy atom. The molecule has 3 aromatic heterocycles. The third kappa shape index (κ3) is 3.98. The highest BCUT2D eigenvalue weighted by Gasteiger charge is 2.13. The summed E-state index contributed by atoms with van der Waals surface area (Å²) in [6.45, 7) is 0. The van der Waals surface area contributed by atoms with E-state index in [-0.39, 0.29) is 0 Å². The molecule has 5 nitrogen and oxygen atoms in total. The molecule has 0 saturated heterocycles. The second-order valence-electron chi connectivity index (χ2n) is 9.65. The summed E-state index contributed by atoms with van der Waals surface area (Å²) >= 11 is 0. The van der Waals surface area contributed by atoms with Gasteiger partial charge in [-0.3, -0.25) is 4.48 Å². The fourth-order valence-electron chi connectivity index (χ4n) is 4.34. The van der Waals surface area contributed by atoms with Crippen molar-refractivity contribution in [3.63, 3.8) is 0 Å². The number of nitrogens with one attached hydrogen (secondary N) is 2. The van der Waals surface area contributed by atoms with Crippen LogP contribution in [-0.4, -0.2) is 41.1 Å². The smallest absolute Gasteiger partial charge is 0.132 e. The lowest BCUT2D eigenvalue weighted by Gasteiger charge is -2.23. The van der Waals surface area contributed by atoms with Crippen LogP contribution in [-0.2, 0) is 0 Å². The van der Waals surface area contributed by atoms with Crippen LogP contribution in [0.5, 0.6) is 0 Å². The van der Waals surface area contributed by atoms with Crippen LogP contribution in [0.3, 0.4) is 0 Å². The van der Waals surface area contributed by atoms with Crippen molar-refractivity contribution < 1.29 is 0 Å². The van der Waals surface area contributed by atoms with Gasteiger partial charge in [-0.1, -0.05) is 0 Å². The first-order valence-corrected chi connectivity index (χ1v) is 11.4. The summed E-state index contributed by atoms with van der Waals surface area (Å²) in [6.07, 6.45) is 8.19. The van der Waals surface area contributed by atoms with Gasteiger partial charge < -0.3 is 9.97 Å². The molecule has 5 heterocycles. The van der Waals surface area contributed by atoms with Gasteiger partial charge in [-0.15, -0.1) is 0 Å². The molecule has 5 heteroatoms. The lowest BCUT2D eigenvalue weighted by atomic mass is 10.1. The van der Waals surface area contributed by atoms with Crippen molar-refractivity contribution in [1.29, 1.82) is 0 Å². The van der Waals surface area contributed by atoms with Gasteiger partial charge in [0.2, 0.25) is 0 Å². The van der Waals surface area contributed by atoms with E-state index >= 15 is 0 Å². The van der Waals surface area contributed by atoms with Crippen LogP contribution in [0, 0.1) is 0 Å². The van der Waals surface area contributed by atoms with Gasteiger partial charge in [-0.25, -0.2) is 9.97 Å². The van der Waals surface area contributed by atoms with E-state index in [4.69, 9.17) is 9.97 Å². The van der Waals surface area contributed by atoms with Gasteiger partial charge in [-0.2, -0.15) is 0 Å². The van der Waals surface area contributed by atoms with Crippen molar-refractivity contribution >= 4 is 52.1 Å². The first-order valence-electron chi connectivity index (χ1n) is 11.4. The van der Waals surface area contributed by atoms with Crippen LogP contribution < -0.4 is 4.48 Å². The maximum atomic E-state index is 4.81. The summed E-state index contributed by atoms with van der Waals surface area (Å²) in [5.41, 5.74) is 11.3. The Morgan fingerprint density at radius 1 is 0.559 bits per heavy atom. The van der Waals surface area contributed by atoms with E-state index < -0.39 is 0 Å². The molecule has 0 unspecified atom stereocenters. The molecule has 0 spiro atoms. The van der Waals surface area contributed by atoms with E-state index in [1.165, 1.54) is 11.3 Å². The highest BCUT2D eigenvalue weighted by molar-refractivity contribution is 5.88. The van der Waals surface area contributed by atoms with Crippen molar-refractivity contribution in [2.24, 2.45) is 0 Å². The maximum absolute atomic E-state index is 4.81. The van der Waals surface area contributed by atoms with Crippen molar-refractivity contribution in [2.75, 3.05) is 21.1 Å². The zero-order valence-corrected chi connectivity index (χ0v) is 19.5. The van der Waals surface area contributed by atoms with Crippen LogP contribution in [0.25, 0.3) is 57.5 Å². The second-order valence-corrected chi connectivity index (χ2v) is 9.65. The summed E-state index contributed by atoms with van der Waals surface area (Å²) in [5.74, 6) is 0. The highest BCUT2D eigenvalue weighted by atomic mass is 15.3. The van der Waals surface area contributed by atoms with Crippen molar-refractivity contribution in [1.82, 2.24) is 24.4 Å². The van der Waals surface area contributed by atoms with Crippen LogP contribution in [0.4, 0.5) is 5.69 Å². The van der Waals surface area contributed by atoms with Crippen molar-refractivity contribution in [2.45, 2.75) is 0 Å². The fourth-order valence-corrected chi connectivity index (χ4v) is 4.34. The molecule has 8 bridgehead atoms. The molecule has 0 atom stereocenters. The van der Waals surface area contributed by atoms with E-state index in [0.717, 1.165) is 54.9 Å². The topological polar surface area (TPSA) is 57.4 Å². The maximum Gasteiger partial charge on any atom is 0.132 e. The average molecular weight is 445 g/mol. The van der Waals surface area contributed by atoms with E-state index in [0.29, 0.717) is 0 Å². The molecule has 0 aliphatic carbocycles. The third-order valence-electron chi connectivity index (χ3n) is 6.12. The first-order chi connectivity index (χ1) is 16.4. The minimum atomic E-state index is 0.784. The lowest BCUT2D eigenvalue weighted by Crippen LogP contribution is -2.34. The Balaban J connectivity index is 1.60. The van der Waals surface area contributed by atoms with Gasteiger partial charge in [-0.05, 0) is 96.6 Å². The largest absolute Gasteiger partial charge is 0.355 e. The van der Waals surface area contributed by atoms with E-state index in [1.54, 1.807) is 0 Å². The Bertz CT molecular complexity index is 1620. The number of fused-ring (bicyclic) bond motifs is 8. The minimum absolute atomic E-state index is 0.784. The Kier molecular flexibility index (Phi) is 4.61. The molecule has 2 aliphatic rings.